The molecule has 0 spiro atoms. The SMILES string of the molecule is COC(=O)[C@H](Cc1ccccc1)N[C@@H](C#N)[C@H](Cc1c[nH]c2ccccc12)NC(=O)OCc1ccccc1. The number of ether oxygens (including phenoxy) is 2. The van der Waals surface area contributed by atoms with Gasteiger partial charge in [-0.2, -0.15) is 5.26 Å². The predicted molar refractivity (Wildman–Crippen MR) is 144 cm³/mol. The summed E-state index contributed by atoms with van der Waals surface area (Å²) in [5, 5.41) is 17.1. The highest BCUT2D eigenvalue weighted by Gasteiger charge is 2.30. The standard InChI is InChI=1S/C30H30N4O4/c1-37-29(35)27(16-21-10-4-2-5-11-21)33-28(18-31)26(17-23-19-32-25-15-9-8-14-24(23)25)34-30(36)38-20-22-12-6-3-7-13-22/h2-15,19,26-28,32-33H,16-17,20H2,1H3,(H,34,36)/t26-,27-,28-/m0/s1. The van der Waals surface area contributed by atoms with Gasteiger partial charge in [-0.15, -0.1) is 0 Å². The lowest BCUT2D eigenvalue weighted by Gasteiger charge is -2.27. The number of fused-ring (bicyclic) bond motifs is 1. The summed E-state index contributed by atoms with van der Waals surface area (Å²) in [6.07, 6.45) is 1.86. The van der Waals surface area contributed by atoms with Crippen LogP contribution in [0.15, 0.2) is 91.1 Å². The second kappa shape index (κ2) is 13.1. The van der Waals surface area contributed by atoms with Gasteiger partial charge in [-0.05, 0) is 35.6 Å². The van der Waals surface area contributed by atoms with Crippen molar-refractivity contribution in [3.63, 3.8) is 0 Å². The van der Waals surface area contributed by atoms with Crippen molar-refractivity contribution < 1.29 is 19.1 Å². The number of methoxy groups -OCH3 is 1. The molecule has 3 N–H and O–H groups in total. The van der Waals surface area contributed by atoms with Crippen molar-refractivity contribution in [3.05, 3.63) is 108 Å². The van der Waals surface area contributed by atoms with Crippen LogP contribution in [0.4, 0.5) is 4.79 Å². The average Bonchev–Trinajstić information content (AvgIpc) is 3.37. The molecule has 0 aliphatic heterocycles. The Morgan fingerprint density at radius 2 is 1.58 bits per heavy atom. The Balaban J connectivity index is 1.55. The largest absolute Gasteiger partial charge is 0.468 e. The molecule has 8 nitrogen and oxygen atoms in total. The minimum absolute atomic E-state index is 0.0932. The summed E-state index contributed by atoms with van der Waals surface area (Å²) in [5.74, 6) is -0.494. The molecule has 38 heavy (non-hydrogen) atoms. The summed E-state index contributed by atoms with van der Waals surface area (Å²) in [7, 11) is 1.31. The normalized spacial score (nSPS) is 13.2. The van der Waals surface area contributed by atoms with Gasteiger partial charge in [0, 0.05) is 17.1 Å². The van der Waals surface area contributed by atoms with Crippen LogP contribution in [0.5, 0.6) is 0 Å². The number of para-hydroxylation sites is 1. The van der Waals surface area contributed by atoms with Crippen LogP contribution in [0.3, 0.4) is 0 Å². The number of aromatic amines is 1. The number of aromatic nitrogens is 1. The Bertz CT molecular complexity index is 1380. The van der Waals surface area contributed by atoms with Crippen LogP contribution < -0.4 is 10.6 Å². The summed E-state index contributed by atoms with van der Waals surface area (Å²) >= 11 is 0. The number of H-pyrrole nitrogens is 1. The van der Waals surface area contributed by atoms with Crippen LogP contribution in [0.1, 0.15) is 16.7 Å². The first-order valence-corrected chi connectivity index (χ1v) is 12.4. The van der Waals surface area contributed by atoms with Crippen LogP contribution in [0.2, 0.25) is 0 Å². The number of nitrogens with one attached hydrogen (secondary N) is 3. The average molecular weight is 511 g/mol. The maximum atomic E-state index is 12.8. The van der Waals surface area contributed by atoms with Gasteiger partial charge in [0.1, 0.15) is 18.7 Å². The number of nitriles is 1. The van der Waals surface area contributed by atoms with Gasteiger partial charge >= 0.3 is 12.1 Å². The van der Waals surface area contributed by atoms with Crippen LogP contribution >= 0.6 is 0 Å². The highest BCUT2D eigenvalue weighted by atomic mass is 16.5. The van der Waals surface area contributed by atoms with E-state index in [1.807, 2.05) is 91.1 Å². The molecule has 3 atom stereocenters. The van der Waals surface area contributed by atoms with Crippen molar-refractivity contribution in [3.8, 4) is 6.07 Å². The van der Waals surface area contributed by atoms with Crippen molar-refractivity contribution in [2.45, 2.75) is 37.6 Å². The third-order valence-corrected chi connectivity index (χ3v) is 6.32. The highest BCUT2D eigenvalue weighted by molar-refractivity contribution is 5.83. The molecule has 0 bridgehead atoms. The molecule has 0 saturated carbocycles. The first-order valence-electron chi connectivity index (χ1n) is 12.4. The molecule has 0 aliphatic rings. The van der Waals surface area contributed by atoms with Crippen LogP contribution in [0.25, 0.3) is 10.9 Å². The van der Waals surface area contributed by atoms with E-state index in [-0.39, 0.29) is 6.61 Å². The van der Waals surface area contributed by atoms with E-state index in [0.29, 0.717) is 12.8 Å². The number of alkyl carbamates (subject to hydrolysis) is 1. The van der Waals surface area contributed by atoms with Gasteiger partial charge in [-0.1, -0.05) is 78.9 Å². The molecule has 3 aromatic carbocycles. The number of carbonyl (C=O) groups excluding carboxylic acids is 2. The second-order valence-electron chi connectivity index (χ2n) is 8.92. The van der Waals surface area contributed by atoms with Crippen LogP contribution in [-0.2, 0) is 33.7 Å². The lowest BCUT2D eigenvalue weighted by Crippen LogP contribution is -2.55. The third-order valence-electron chi connectivity index (χ3n) is 6.32. The molecule has 0 radical (unpaired) electrons. The summed E-state index contributed by atoms with van der Waals surface area (Å²) in [6, 6.07) is 26.4. The number of carbonyl (C=O) groups is 2. The third kappa shape index (κ3) is 6.99. The van der Waals surface area contributed by atoms with E-state index in [1.54, 1.807) is 0 Å². The maximum absolute atomic E-state index is 12.8. The molecular weight excluding hydrogens is 480 g/mol. The monoisotopic (exact) mass is 510 g/mol. The highest BCUT2D eigenvalue weighted by Crippen LogP contribution is 2.20. The maximum Gasteiger partial charge on any atom is 0.407 e. The fourth-order valence-electron chi connectivity index (χ4n) is 4.37. The van der Waals surface area contributed by atoms with Crippen molar-refractivity contribution in [1.82, 2.24) is 15.6 Å². The summed E-state index contributed by atoms with van der Waals surface area (Å²) in [6.45, 7) is 0.0932. The topological polar surface area (TPSA) is 116 Å². The molecule has 4 rings (SSSR count). The zero-order chi connectivity index (χ0) is 26.7. The van der Waals surface area contributed by atoms with E-state index < -0.39 is 30.2 Å². The van der Waals surface area contributed by atoms with E-state index in [0.717, 1.165) is 27.6 Å². The van der Waals surface area contributed by atoms with E-state index in [1.165, 1.54) is 7.11 Å². The molecule has 0 saturated heterocycles. The number of amides is 1. The van der Waals surface area contributed by atoms with Crippen molar-refractivity contribution in [2.24, 2.45) is 0 Å². The Hall–Kier alpha value is -4.61. The zero-order valence-corrected chi connectivity index (χ0v) is 21.1. The Kier molecular flexibility index (Phi) is 9.11. The van der Waals surface area contributed by atoms with Gasteiger partial charge in [0.05, 0.1) is 19.2 Å². The number of rotatable bonds is 11. The van der Waals surface area contributed by atoms with Crippen molar-refractivity contribution in [2.75, 3.05) is 7.11 Å². The summed E-state index contributed by atoms with van der Waals surface area (Å²) < 4.78 is 10.5. The molecular formula is C30H30N4O4. The second-order valence-corrected chi connectivity index (χ2v) is 8.92. The molecule has 0 aliphatic carbocycles. The van der Waals surface area contributed by atoms with E-state index >= 15 is 0 Å². The minimum Gasteiger partial charge on any atom is -0.468 e. The lowest BCUT2D eigenvalue weighted by atomic mass is 9.97. The zero-order valence-electron chi connectivity index (χ0n) is 21.1. The van der Waals surface area contributed by atoms with Crippen LogP contribution in [0, 0.1) is 11.3 Å². The summed E-state index contributed by atoms with van der Waals surface area (Å²) in [4.78, 5) is 28.7. The quantitative estimate of drug-likeness (QED) is 0.260. The predicted octanol–water partition coefficient (Wildman–Crippen LogP) is 4.27. The Morgan fingerprint density at radius 3 is 2.26 bits per heavy atom. The molecule has 0 unspecified atom stereocenters. The van der Waals surface area contributed by atoms with Gasteiger partial charge in [0.15, 0.2) is 0 Å². The van der Waals surface area contributed by atoms with Crippen LogP contribution in [-0.4, -0.2) is 42.3 Å². The van der Waals surface area contributed by atoms with Gasteiger partial charge in [-0.3, -0.25) is 10.1 Å². The molecule has 1 heterocycles. The number of esters is 1. The number of nitrogens with zero attached hydrogens (tertiary/aromatic N) is 1. The lowest BCUT2D eigenvalue weighted by molar-refractivity contribution is -0.143. The molecule has 8 heteroatoms. The summed E-state index contributed by atoms with van der Waals surface area (Å²) in [5.41, 5.74) is 3.63. The number of hydrogen-bond acceptors (Lipinski definition) is 6. The van der Waals surface area contributed by atoms with E-state index in [2.05, 4.69) is 21.7 Å². The first kappa shape index (κ1) is 26.5. The number of hydrogen-bond donors (Lipinski definition) is 3. The van der Waals surface area contributed by atoms with E-state index in [4.69, 9.17) is 9.47 Å². The smallest absolute Gasteiger partial charge is 0.407 e. The number of benzene rings is 3. The van der Waals surface area contributed by atoms with Gasteiger partial charge in [0.25, 0.3) is 0 Å². The molecule has 0 fully saturated rings. The minimum atomic E-state index is -0.916. The van der Waals surface area contributed by atoms with E-state index in [9.17, 15) is 14.9 Å². The van der Waals surface area contributed by atoms with Crippen molar-refractivity contribution >= 4 is 23.0 Å². The Morgan fingerprint density at radius 1 is 0.921 bits per heavy atom. The Labute approximate surface area is 221 Å². The molecule has 194 valence electrons. The van der Waals surface area contributed by atoms with Gasteiger partial charge < -0.3 is 19.8 Å². The first-order chi connectivity index (χ1) is 18.6. The fourth-order valence-corrected chi connectivity index (χ4v) is 4.37. The van der Waals surface area contributed by atoms with Gasteiger partial charge in [0.2, 0.25) is 0 Å². The molecule has 1 amide bonds. The molecule has 4 aromatic rings. The molecule has 1 aromatic heterocycles. The van der Waals surface area contributed by atoms with Crippen molar-refractivity contribution in [1.29, 1.82) is 5.26 Å². The fraction of sp³-hybridized carbons (Fsp3) is 0.233. The van der Waals surface area contributed by atoms with Gasteiger partial charge in [-0.25, -0.2) is 4.79 Å².